The molecule has 0 saturated carbocycles. The van der Waals surface area contributed by atoms with E-state index in [1.807, 2.05) is 24.3 Å². The van der Waals surface area contributed by atoms with Gasteiger partial charge >= 0.3 is 0 Å². The van der Waals surface area contributed by atoms with Crippen molar-refractivity contribution in [1.82, 2.24) is 10.6 Å². The zero-order valence-electron chi connectivity index (χ0n) is 11.3. The van der Waals surface area contributed by atoms with Crippen molar-refractivity contribution < 1.29 is 4.74 Å². The molecule has 1 aromatic carbocycles. The van der Waals surface area contributed by atoms with Gasteiger partial charge in [-0.25, -0.2) is 0 Å². The van der Waals surface area contributed by atoms with Gasteiger partial charge in [0.2, 0.25) is 0 Å². The number of ether oxygens (including phenoxy) is 1. The zero-order valence-corrected chi connectivity index (χ0v) is 14.4. The van der Waals surface area contributed by atoms with E-state index >= 15 is 0 Å². The standard InChI is InChI=1S/C13H20ClN3O.HI/c1-3-8-16-13(15-2)17-9-10-18-12-7-5-4-6-11(12)14;/h4-7H,3,8-10H2,1-2H3,(H2,15,16,17);1H. The van der Waals surface area contributed by atoms with Crippen molar-refractivity contribution in [2.24, 2.45) is 4.99 Å². The Labute approximate surface area is 137 Å². The normalized spacial score (nSPS) is 10.6. The van der Waals surface area contributed by atoms with Crippen molar-refractivity contribution in [3.8, 4) is 5.75 Å². The van der Waals surface area contributed by atoms with E-state index < -0.39 is 0 Å². The summed E-state index contributed by atoms with van der Waals surface area (Å²) in [6.45, 7) is 4.23. The number of hydrogen-bond donors (Lipinski definition) is 2. The van der Waals surface area contributed by atoms with Gasteiger partial charge in [0.1, 0.15) is 12.4 Å². The lowest BCUT2D eigenvalue weighted by atomic mass is 10.3. The highest BCUT2D eigenvalue weighted by Gasteiger charge is 1.99. The molecule has 6 heteroatoms. The van der Waals surface area contributed by atoms with Crippen molar-refractivity contribution >= 4 is 41.5 Å². The molecular formula is C13H21ClIN3O. The molecule has 0 saturated heterocycles. The molecule has 0 unspecified atom stereocenters. The number of nitrogens with one attached hydrogen (secondary N) is 2. The molecule has 0 atom stereocenters. The fourth-order valence-electron chi connectivity index (χ4n) is 1.36. The average Bonchev–Trinajstić information content (AvgIpc) is 2.40. The second-order valence-electron chi connectivity index (χ2n) is 3.70. The molecule has 0 aromatic heterocycles. The molecule has 1 aromatic rings. The summed E-state index contributed by atoms with van der Waals surface area (Å²) in [6.07, 6.45) is 1.07. The van der Waals surface area contributed by atoms with Gasteiger partial charge in [0, 0.05) is 13.6 Å². The Kier molecular flexibility index (Phi) is 10.8. The number of guanidine groups is 1. The Hall–Kier alpha value is -0.690. The number of rotatable bonds is 6. The molecule has 0 spiro atoms. The Morgan fingerprint density at radius 1 is 1.26 bits per heavy atom. The van der Waals surface area contributed by atoms with E-state index in [9.17, 15) is 0 Å². The Morgan fingerprint density at radius 3 is 2.58 bits per heavy atom. The highest BCUT2D eigenvalue weighted by molar-refractivity contribution is 14.0. The summed E-state index contributed by atoms with van der Waals surface area (Å²) in [4.78, 5) is 4.10. The van der Waals surface area contributed by atoms with Crippen LogP contribution >= 0.6 is 35.6 Å². The number of halogens is 2. The van der Waals surface area contributed by atoms with Crippen molar-refractivity contribution in [3.05, 3.63) is 29.3 Å². The zero-order chi connectivity index (χ0) is 13.2. The number of aliphatic imine (C=N–C) groups is 1. The minimum atomic E-state index is 0. The molecule has 0 bridgehead atoms. The van der Waals surface area contributed by atoms with Gasteiger partial charge in [-0.15, -0.1) is 24.0 Å². The molecule has 0 aliphatic heterocycles. The maximum atomic E-state index is 5.98. The predicted octanol–water partition coefficient (Wildman–Crippen LogP) is 2.91. The van der Waals surface area contributed by atoms with Gasteiger partial charge in [-0.1, -0.05) is 30.7 Å². The van der Waals surface area contributed by atoms with Crippen LogP contribution in [0.1, 0.15) is 13.3 Å². The number of benzene rings is 1. The molecule has 0 amide bonds. The number of hydrogen-bond acceptors (Lipinski definition) is 2. The van der Waals surface area contributed by atoms with Crippen LogP contribution in [0.3, 0.4) is 0 Å². The first kappa shape index (κ1) is 18.3. The number of para-hydroxylation sites is 1. The van der Waals surface area contributed by atoms with Crippen LogP contribution in [0.15, 0.2) is 29.3 Å². The lowest BCUT2D eigenvalue weighted by Gasteiger charge is -2.12. The largest absolute Gasteiger partial charge is 0.490 e. The Balaban J connectivity index is 0.00000324. The fourth-order valence-corrected chi connectivity index (χ4v) is 1.55. The highest BCUT2D eigenvalue weighted by Crippen LogP contribution is 2.22. The summed E-state index contributed by atoms with van der Waals surface area (Å²) < 4.78 is 5.56. The maximum absolute atomic E-state index is 5.98. The average molecular weight is 398 g/mol. The molecule has 4 nitrogen and oxygen atoms in total. The van der Waals surface area contributed by atoms with E-state index in [2.05, 4.69) is 22.5 Å². The molecule has 1 rings (SSSR count). The minimum Gasteiger partial charge on any atom is -0.490 e. The van der Waals surface area contributed by atoms with Gasteiger partial charge in [-0.2, -0.15) is 0 Å². The molecule has 0 aliphatic carbocycles. The summed E-state index contributed by atoms with van der Waals surface area (Å²) in [7, 11) is 1.75. The summed E-state index contributed by atoms with van der Waals surface area (Å²) in [6, 6.07) is 7.44. The fraction of sp³-hybridized carbons (Fsp3) is 0.462. The SMILES string of the molecule is CCCNC(=NC)NCCOc1ccccc1Cl.I. The molecule has 108 valence electrons. The number of nitrogens with zero attached hydrogens (tertiary/aromatic N) is 1. The summed E-state index contributed by atoms with van der Waals surface area (Å²) >= 11 is 5.98. The van der Waals surface area contributed by atoms with Gasteiger partial charge in [0.15, 0.2) is 5.96 Å². The van der Waals surface area contributed by atoms with Crippen molar-refractivity contribution in [3.63, 3.8) is 0 Å². The molecule has 0 radical (unpaired) electrons. The van der Waals surface area contributed by atoms with Gasteiger partial charge in [-0.3, -0.25) is 4.99 Å². The Morgan fingerprint density at radius 2 is 1.95 bits per heavy atom. The molecule has 0 fully saturated rings. The smallest absolute Gasteiger partial charge is 0.191 e. The van der Waals surface area contributed by atoms with E-state index in [4.69, 9.17) is 16.3 Å². The molecular weight excluding hydrogens is 377 g/mol. The first-order valence-corrected chi connectivity index (χ1v) is 6.47. The van der Waals surface area contributed by atoms with Crippen molar-refractivity contribution in [2.75, 3.05) is 26.7 Å². The molecule has 19 heavy (non-hydrogen) atoms. The molecule has 0 aliphatic rings. The first-order valence-electron chi connectivity index (χ1n) is 6.09. The third-order valence-electron chi connectivity index (χ3n) is 2.25. The highest BCUT2D eigenvalue weighted by atomic mass is 127. The van der Waals surface area contributed by atoms with Crippen LogP contribution in [0, 0.1) is 0 Å². The third kappa shape index (κ3) is 7.47. The van der Waals surface area contributed by atoms with E-state index in [1.54, 1.807) is 7.05 Å². The Bertz CT molecular complexity index is 388. The van der Waals surface area contributed by atoms with Crippen molar-refractivity contribution in [2.45, 2.75) is 13.3 Å². The van der Waals surface area contributed by atoms with Gasteiger partial charge in [-0.05, 0) is 18.6 Å². The van der Waals surface area contributed by atoms with Crippen LogP contribution in [0.2, 0.25) is 5.02 Å². The first-order chi connectivity index (χ1) is 8.77. The van der Waals surface area contributed by atoms with E-state index in [0.717, 1.165) is 18.9 Å². The van der Waals surface area contributed by atoms with Crippen molar-refractivity contribution in [1.29, 1.82) is 0 Å². The van der Waals surface area contributed by atoms with Gasteiger partial charge in [0.25, 0.3) is 0 Å². The lowest BCUT2D eigenvalue weighted by Crippen LogP contribution is -2.39. The predicted molar refractivity (Wildman–Crippen MR) is 92.0 cm³/mol. The van der Waals surface area contributed by atoms with Crippen LogP contribution in [0.5, 0.6) is 5.75 Å². The van der Waals surface area contributed by atoms with Crippen LogP contribution < -0.4 is 15.4 Å². The molecule has 0 heterocycles. The minimum absolute atomic E-state index is 0. The topological polar surface area (TPSA) is 45.7 Å². The second kappa shape index (κ2) is 11.2. The van der Waals surface area contributed by atoms with E-state index in [-0.39, 0.29) is 24.0 Å². The summed E-state index contributed by atoms with van der Waals surface area (Å²) in [5, 5.41) is 6.98. The van der Waals surface area contributed by atoms with Gasteiger partial charge in [0.05, 0.1) is 11.6 Å². The third-order valence-corrected chi connectivity index (χ3v) is 2.57. The summed E-state index contributed by atoms with van der Waals surface area (Å²) in [5.41, 5.74) is 0. The molecule has 2 N–H and O–H groups in total. The lowest BCUT2D eigenvalue weighted by molar-refractivity contribution is 0.322. The monoisotopic (exact) mass is 397 g/mol. The quantitative estimate of drug-likeness (QED) is 0.336. The second-order valence-corrected chi connectivity index (χ2v) is 4.11. The van der Waals surface area contributed by atoms with E-state index in [0.29, 0.717) is 23.9 Å². The van der Waals surface area contributed by atoms with Crippen LogP contribution in [-0.4, -0.2) is 32.7 Å². The summed E-state index contributed by atoms with van der Waals surface area (Å²) in [5.74, 6) is 1.50. The van der Waals surface area contributed by atoms with E-state index in [1.165, 1.54) is 0 Å². The van der Waals surface area contributed by atoms with Crippen LogP contribution in [0.25, 0.3) is 0 Å². The maximum Gasteiger partial charge on any atom is 0.191 e. The van der Waals surface area contributed by atoms with Crippen LogP contribution in [-0.2, 0) is 0 Å². The van der Waals surface area contributed by atoms with Gasteiger partial charge < -0.3 is 15.4 Å². The van der Waals surface area contributed by atoms with Crippen LogP contribution in [0.4, 0.5) is 0 Å².